The van der Waals surface area contributed by atoms with Crippen molar-refractivity contribution in [2.24, 2.45) is 0 Å². The topological polar surface area (TPSA) is 98.2 Å². The fourth-order valence-electron chi connectivity index (χ4n) is 3.67. The molecule has 156 valence electrons. The van der Waals surface area contributed by atoms with Crippen LogP contribution in [0.5, 0.6) is 0 Å². The third-order valence-corrected chi connectivity index (χ3v) is 6.99. The monoisotopic (exact) mass is 420 g/mol. The van der Waals surface area contributed by atoms with Gasteiger partial charge < -0.3 is 9.80 Å². The highest BCUT2D eigenvalue weighted by molar-refractivity contribution is 7.89. The first kappa shape index (κ1) is 21.4. The van der Waals surface area contributed by atoms with Gasteiger partial charge in [-0.25, -0.2) is 13.1 Å². The molecule has 1 saturated heterocycles. The summed E-state index contributed by atoms with van der Waals surface area (Å²) < 4.78 is 28.2. The smallest absolute Gasteiger partial charge is 0.269 e. The summed E-state index contributed by atoms with van der Waals surface area (Å²) in [4.78, 5) is 13.1. The van der Waals surface area contributed by atoms with E-state index in [0.29, 0.717) is 0 Å². The Balaban J connectivity index is 1.78. The second-order valence-corrected chi connectivity index (χ2v) is 9.45. The fraction of sp³-hybridized carbons (Fsp3) is 0.400. The Morgan fingerprint density at radius 2 is 1.62 bits per heavy atom. The molecule has 0 bridgehead atoms. The van der Waals surface area contributed by atoms with Crippen LogP contribution in [-0.4, -0.2) is 53.1 Å². The molecule has 0 aromatic heterocycles. The van der Waals surface area contributed by atoms with Crippen molar-refractivity contribution in [3.05, 3.63) is 69.8 Å². The zero-order valence-corrected chi connectivity index (χ0v) is 17.5. The molecular formula is C20H28N4O4S+2. The molecule has 1 aliphatic rings. The Labute approximate surface area is 171 Å². The van der Waals surface area contributed by atoms with Crippen molar-refractivity contribution in [1.82, 2.24) is 4.72 Å². The Morgan fingerprint density at radius 1 is 1.03 bits per heavy atom. The molecule has 1 heterocycles. The highest BCUT2D eigenvalue weighted by Gasteiger charge is 2.30. The number of benzene rings is 2. The van der Waals surface area contributed by atoms with Gasteiger partial charge in [0.15, 0.2) is 0 Å². The molecular weight excluding hydrogens is 392 g/mol. The first-order chi connectivity index (χ1) is 13.8. The van der Waals surface area contributed by atoms with Gasteiger partial charge in [0, 0.05) is 17.7 Å². The van der Waals surface area contributed by atoms with Crippen LogP contribution in [0.3, 0.4) is 0 Å². The predicted octanol–water partition coefficient (Wildman–Crippen LogP) is -0.664. The number of likely N-dealkylation sites (N-methyl/N-ethyl adjacent to an activating group) is 1. The summed E-state index contributed by atoms with van der Waals surface area (Å²) in [6.45, 7) is 6.35. The molecule has 3 rings (SSSR count). The van der Waals surface area contributed by atoms with E-state index in [1.165, 1.54) is 34.1 Å². The summed E-state index contributed by atoms with van der Waals surface area (Å²) in [6, 6.07) is 13.2. The summed E-state index contributed by atoms with van der Waals surface area (Å²) in [5.41, 5.74) is 2.14. The van der Waals surface area contributed by atoms with Gasteiger partial charge in [-0.2, -0.15) is 0 Å². The first-order valence-corrected chi connectivity index (χ1v) is 11.2. The number of sulfonamides is 1. The minimum atomic E-state index is -3.75. The molecule has 1 aliphatic heterocycles. The lowest BCUT2D eigenvalue weighted by Crippen LogP contribution is -3.27. The van der Waals surface area contributed by atoms with Crippen LogP contribution in [-0.2, 0) is 10.0 Å². The summed E-state index contributed by atoms with van der Waals surface area (Å²) in [7, 11) is -1.58. The molecule has 9 heteroatoms. The summed E-state index contributed by atoms with van der Waals surface area (Å²) >= 11 is 0. The second-order valence-electron chi connectivity index (χ2n) is 7.68. The molecule has 1 atom stereocenters. The number of quaternary nitrogens is 2. The van der Waals surface area contributed by atoms with Crippen molar-refractivity contribution in [2.75, 3.05) is 39.8 Å². The lowest BCUT2D eigenvalue weighted by molar-refractivity contribution is -1.02. The van der Waals surface area contributed by atoms with E-state index < -0.39 is 14.9 Å². The Hall–Kier alpha value is -2.33. The van der Waals surface area contributed by atoms with Crippen LogP contribution in [0.1, 0.15) is 17.2 Å². The van der Waals surface area contributed by atoms with E-state index in [9.17, 15) is 18.5 Å². The van der Waals surface area contributed by atoms with E-state index >= 15 is 0 Å². The average Bonchev–Trinajstić information content (AvgIpc) is 2.70. The van der Waals surface area contributed by atoms with Crippen molar-refractivity contribution in [3.8, 4) is 0 Å². The van der Waals surface area contributed by atoms with Gasteiger partial charge >= 0.3 is 0 Å². The van der Waals surface area contributed by atoms with Crippen LogP contribution in [0.2, 0.25) is 0 Å². The second kappa shape index (κ2) is 9.00. The molecule has 0 aliphatic carbocycles. The van der Waals surface area contributed by atoms with Crippen LogP contribution < -0.4 is 14.5 Å². The number of hydrogen-bond acceptors (Lipinski definition) is 4. The third-order valence-electron chi connectivity index (χ3n) is 5.55. The minimum Gasteiger partial charge on any atom is -0.328 e. The van der Waals surface area contributed by atoms with Crippen molar-refractivity contribution in [3.63, 3.8) is 0 Å². The predicted molar refractivity (Wildman–Crippen MR) is 110 cm³/mol. The highest BCUT2D eigenvalue weighted by atomic mass is 32.2. The van der Waals surface area contributed by atoms with Gasteiger partial charge in [-0.15, -0.1) is 0 Å². The number of aryl methyl sites for hydroxylation is 1. The summed E-state index contributed by atoms with van der Waals surface area (Å²) in [5.74, 6) is 0. The fourth-order valence-corrected chi connectivity index (χ4v) is 4.71. The minimum absolute atomic E-state index is 0.0107. The van der Waals surface area contributed by atoms with E-state index in [0.717, 1.165) is 37.3 Å². The van der Waals surface area contributed by atoms with Crippen LogP contribution in [0.15, 0.2) is 53.4 Å². The van der Waals surface area contributed by atoms with Crippen LogP contribution >= 0.6 is 0 Å². The number of rotatable bonds is 7. The molecule has 0 saturated carbocycles. The molecule has 2 aromatic carbocycles. The number of nitro benzene ring substituents is 1. The number of nitro groups is 1. The molecule has 0 radical (unpaired) electrons. The van der Waals surface area contributed by atoms with Gasteiger partial charge in [-0.1, -0.05) is 29.8 Å². The molecule has 0 amide bonds. The van der Waals surface area contributed by atoms with Crippen molar-refractivity contribution < 1.29 is 23.1 Å². The largest absolute Gasteiger partial charge is 0.328 e. The number of hydrogen-bond donors (Lipinski definition) is 3. The molecule has 2 aromatic rings. The van der Waals surface area contributed by atoms with E-state index in [4.69, 9.17) is 0 Å². The SMILES string of the molecule is Cc1ccc([C@@H](CNS(=O)(=O)c2ccc([N+](=O)[O-])cc2)[NH+]2CC[NH+](C)CC2)cc1. The third kappa shape index (κ3) is 5.39. The van der Waals surface area contributed by atoms with E-state index in [1.54, 1.807) is 0 Å². The van der Waals surface area contributed by atoms with E-state index in [2.05, 4.69) is 23.9 Å². The Bertz CT molecular complexity index is 937. The van der Waals surface area contributed by atoms with Crippen molar-refractivity contribution in [2.45, 2.75) is 17.9 Å². The van der Waals surface area contributed by atoms with E-state index in [-0.39, 0.29) is 23.2 Å². The average molecular weight is 421 g/mol. The number of nitrogens with one attached hydrogen (secondary N) is 3. The normalized spacial score (nSPS) is 20.9. The number of nitrogens with zero attached hydrogens (tertiary/aromatic N) is 1. The Kier molecular flexibility index (Phi) is 6.63. The van der Waals surface area contributed by atoms with Crippen molar-refractivity contribution in [1.29, 1.82) is 0 Å². The maximum absolute atomic E-state index is 12.7. The van der Waals surface area contributed by atoms with Gasteiger partial charge in [-0.05, 0) is 19.1 Å². The van der Waals surface area contributed by atoms with Gasteiger partial charge in [0.05, 0.1) is 23.4 Å². The quantitative estimate of drug-likeness (QED) is 0.409. The standard InChI is InChI=1S/C20H26N4O4S/c1-16-3-5-17(6-4-16)20(23-13-11-22(2)12-14-23)15-21-29(27,28)19-9-7-18(8-10-19)24(25)26/h3-10,20-21H,11-15H2,1-2H3/p+2/t20-/m1/s1. The van der Waals surface area contributed by atoms with Gasteiger partial charge in [0.1, 0.15) is 32.2 Å². The zero-order chi connectivity index (χ0) is 21.0. The highest BCUT2D eigenvalue weighted by Crippen LogP contribution is 2.17. The number of piperazine rings is 1. The van der Waals surface area contributed by atoms with Crippen LogP contribution in [0.4, 0.5) is 5.69 Å². The lowest BCUT2D eigenvalue weighted by Gasteiger charge is -2.33. The molecule has 0 unspecified atom stereocenters. The van der Waals surface area contributed by atoms with Crippen molar-refractivity contribution >= 4 is 15.7 Å². The molecule has 8 nitrogen and oxygen atoms in total. The first-order valence-electron chi connectivity index (χ1n) is 9.73. The molecule has 29 heavy (non-hydrogen) atoms. The zero-order valence-electron chi connectivity index (χ0n) is 16.7. The molecule has 0 spiro atoms. The molecule has 3 N–H and O–H groups in total. The number of non-ortho nitro benzene ring substituents is 1. The van der Waals surface area contributed by atoms with E-state index in [1.807, 2.05) is 19.1 Å². The molecule has 1 fully saturated rings. The van der Waals surface area contributed by atoms with Gasteiger partial charge in [0.25, 0.3) is 5.69 Å². The summed E-state index contributed by atoms with van der Waals surface area (Å²) in [6.07, 6.45) is 0. The lowest BCUT2D eigenvalue weighted by atomic mass is 10.0. The van der Waals surface area contributed by atoms with Crippen LogP contribution in [0, 0.1) is 17.0 Å². The maximum atomic E-state index is 12.7. The van der Waals surface area contributed by atoms with Gasteiger partial charge in [0.2, 0.25) is 10.0 Å². The Morgan fingerprint density at radius 3 is 2.17 bits per heavy atom. The van der Waals surface area contributed by atoms with Gasteiger partial charge in [-0.3, -0.25) is 10.1 Å². The van der Waals surface area contributed by atoms with Crippen LogP contribution in [0.25, 0.3) is 0 Å². The maximum Gasteiger partial charge on any atom is 0.269 e. The summed E-state index contributed by atoms with van der Waals surface area (Å²) in [5, 5.41) is 10.8.